The van der Waals surface area contributed by atoms with Gasteiger partial charge in [0.15, 0.2) is 0 Å². The summed E-state index contributed by atoms with van der Waals surface area (Å²) in [6.45, 7) is 5.07. The Labute approximate surface area is 90.7 Å². The molecule has 3 nitrogen and oxygen atoms in total. The SMILES string of the molecule is CC(C)(C#N)CCCOCc1ccco1. The maximum atomic E-state index is 8.79. The van der Waals surface area contributed by atoms with Crippen LogP contribution in [0.15, 0.2) is 22.8 Å². The lowest BCUT2D eigenvalue weighted by molar-refractivity contribution is 0.0985. The summed E-state index contributed by atoms with van der Waals surface area (Å²) in [6.07, 6.45) is 3.40. The molecule has 15 heavy (non-hydrogen) atoms. The zero-order chi connectivity index (χ0) is 11.1. The minimum Gasteiger partial charge on any atom is -0.467 e. The van der Waals surface area contributed by atoms with E-state index in [0.717, 1.165) is 18.6 Å². The van der Waals surface area contributed by atoms with Crippen molar-refractivity contribution in [2.75, 3.05) is 6.61 Å². The number of nitriles is 1. The van der Waals surface area contributed by atoms with Gasteiger partial charge in [0.1, 0.15) is 12.4 Å². The molecular weight excluding hydrogens is 190 g/mol. The van der Waals surface area contributed by atoms with Crippen molar-refractivity contribution < 1.29 is 9.15 Å². The lowest BCUT2D eigenvalue weighted by Crippen LogP contribution is -2.09. The molecule has 0 amide bonds. The molecule has 1 aromatic heterocycles. The third-order valence-corrected chi connectivity index (χ3v) is 2.22. The summed E-state index contributed by atoms with van der Waals surface area (Å²) in [5.41, 5.74) is -0.242. The van der Waals surface area contributed by atoms with Gasteiger partial charge >= 0.3 is 0 Å². The Balaban J connectivity index is 2.06. The first kappa shape index (κ1) is 11.8. The molecule has 1 rings (SSSR count). The molecule has 3 heteroatoms. The van der Waals surface area contributed by atoms with Crippen LogP contribution in [0.4, 0.5) is 0 Å². The molecule has 0 aliphatic rings. The van der Waals surface area contributed by atoms with Crippen LogP contribution in [0.1, 0.15) is 32.4 Å². The van der Waals surface area contributed by atoms with Gasteiger partial charge in [-0.05, 0) is 38.8 Å². The highest BCUT2D eigenvalue weighted by atomic mass is 16.5. The van der Waals surface area contributed by atoms with Crippen LogP contribution in [0.5, 0.6) is 0 Å². The van der Waals surface area contributed by atoms with Crippen LogP contribution in [0.2, 0.25) is 0 Å². The summed E-state index contributed by atoms with van der Waals surface area (Å²) in [4.78, 5) is 0. The Morgan fingerprint density at radius 3 is 2.93 bits per heavy atom. The Hall–Kier alpha value is -1.27. The largest absolute Gasteiger partial charge is 0.467 e. The van der Waals surface area contributed by atoms with Gasteiger partial charge in [0.2, 0.25) is 0 Å². The van der Waals surface area contributed by atoms with Crippen molar-refractivity contribution in [3.05, 3.63) is 24.2 Å². The zero-order valence-corrected chi connectivity index (χ0v) is 9.32. The second kappa shape index (κ2) is 5.57. The molecule has 0 saturated heterocycles. The number of ether oxygens (including phenoxy) is 1. The minimum absolute atomic E-state index is 0.242. The maximum Gasteiger partial charge on any atom is 0.129 e. The van der Waals surface area contributed by atoms with Crippen LogP contribution >= 0.6 is 0 Å². The first-order valence-corrected chi connectivity index (χ1v) is 5.15. The van der Waals surface area contributed by atoms with Gasteiger partial charge in [-0.15, -0.1) is 0 Å². The van der Waals surface area contributed by atoms with E-state index in [4.69, 9.17) is 14.4 Å². The highest BCUT2D eigenvalue weighted by Gasteiger charge is 2.15. The van der Waals surface area contributed by atoms with Crippen LogP contribution in [-0.4, -0.2) is 6.61 Å². The van der Waals surface area contributed by atoms with Crippen molar-refractivity contribution in [2.45, 2.75) is 33.3 Å². The topological polar surface area (TPSA) is 46.2 Å². The van der Waals surface area contributed by atoms with E-state index in [1.165, 1.54) is 0 Å². The van der Waals surface area contributed by atoms with Gasteiger partial charge in [-0.3, -0.25) is 0 Å². The average Bonchev–Trinajstić information content (AvgIpc) is 2.70. The third-order valence-electron chi connectivity index (χ3n) is 2.22. The molecule has 1 heterocycles. The molecule has 1 aromatic rings. The van der Waals surface area contributed by atoms with Crippen molar-refractivity contribution in [3.63, 3.8) is 0 Å². The van der Waals surface area contributed by atoms with E-state index in [1.54, 1.807) is 6.26 Å². The van der Waals surface area contributed by atoms with Gasteiger partial charge in [0, 0.05) is 6.61 Å². The van der Waals surface area contributed by atoms with E-state index in [9.17, 15) is 0 Å². The Morgan fingerprint density at radius 1 is 1.53 bits per heavy atom. The van der Waals surface area contributed by atoms with E-state index in [2.05, 4.69) is 6.07 Å². The number of furan rings is 1. The van der Waals surface area contributed by atoms with Gasteiger partial charge in [0.25, 0.3) is 0 Å². The second-order valence-electron chi connectivity index (χ2n) is 4.23. The van der Waals surface area contributed by atoms with Crippen LogP contribution < -0.4 is 0 Å². The van der Waals surface area contributed by atoms with Gasteiger partial charge in [0.05, 0.1) is 17.7 Å². The number of hydrogen-bond acceptors (Lipinski definition) is 3. The molecule has 0 unspecified atom stereocenters. The quantitative estimate of drug-likeness (QED) is 0.673. The van der Waals surface area contributed by atoms with Gasteiger partial charge < -0.3 is 9.15 Å². The number of nitrogens with zero attached hydrogens (tertiary/aromatic N) is 1. The molecule has 0 fully saturated rings. The van der Waals surface area contributed by atoms with Crippen LogP contribution in [-0.2, 0) is 11.3 Å². The van der Waals surface area contributed by atoms with E-state index in [-0.39, 0.29) is 5.41 Å². The third kappa shape index (κ3) is 4.66. The fourth-order valence-corrected chi connectivity index (χ4v) is 1.24. The predicted octanol–water partition coefficient (Wildman–Crippen LogP) is 3.13. The smallest absolute Gasteiger partial charge is 0.129 e. The lowest BCUT2D eigenvalue weighted by Gasteiger charge is -2.13. The van der Waals surface area contributed by atoms with Crippen molar-refractivity contribution in [3.8, 4) is 6.07 Å². The molecule has 0 saturated carbocycles. The van der Waals surface area contributed by atoms with Gasteiger partial charge in [-0.1, -0.05) is 0 Å². The molecule has 0 aliphatic carbocycles. The molecule has 0 radical (unpaired) electrons. The van der Waals surface area contributed by atoms with Crippen molar-refractivity contribution >= 4 is 0 Å². The van der Waals surface area contributed by atoms with Crippen molar-refractivity contribution in [2.24, 2.45) is 5.41 Å². The lowest BCUT2D eigenvalue weighted by atomic mass is 9.90. The highest BCUT2D eigenvalue weighted by molar-refractivity contribution is 4.96. The second-order valence-corrected chi connectivity index (χ2v) is 4.23. The van der Waals surface area contributed by atoms with E-state index < -0.39 is 0 Å². The zero-order valence-electron chi connectivity index (χ0n) is 9.32. The van der Waals surface area contributed by atoms with E-state index >= 15 is 0 Å². The Kier molecular flexibility index (Phi) is 4.38. The monoisotopic (exact) mass is 207 g/mol. The first-order valence-electron chi connectivity index (χ1n) is 5.15. The fourth-order valence-electron chi connectivity index (χ4n) is 1.24. The normalized spacial score (nSPS) is 11.3. The van der Waals surface area contributed by atoms with Gasteiger partial charge in [-0.25, -0.2) is 0 Å². The van der Waals surface area contributed by atoms with Crippen molar-refractivity contribution in [1.82, 2.24) is 0 Å². The van der Waals surface area contributed by atoms with E-state index in [0.29, 0.717) is 13.2 Å². The maximum absolute atomic E-state index is 8.79. The molecule has 0 spiro atoms. The van der Waals surface area contributed by atoms with Crippen molar-refractivity contribution in [1.29, 1.82) is 5.26 Å². The van der Waals surface area contributed by atoms with Crippen LogP contribution in [0, 0.1) is 16.7 Å². The highest BCUT2D eigenvalue weighted by Crippen LogP contribution is 2.20. The average molecular weight is 207 g/mol. The summed E-state index contributed by atoms with van der Waals surface area (Å²) in [7, 11) is 0. The molecule has 0 bridgehead atoms. The standard InChI is InChI=1S/C12H17NO2/c1-12(2,10-13)6-4-7-14-9-11-5-3-8-15-11/h3,5,8H,4,6-7,9H2,1-2H3. The molecule has 0 aromatic carbocycles. The Morgan fingerprint density at radius 2 is 2.33 bits per heavy atom. The Bertz CT molecular complexity index is 309. The van der Waals surface area contributed by atoms with Crippen LogP contribution in [0.25, 0.3) is 0 Å². The summed E-state index contributed by atoms with van der Waals surface area (Å²) < 4.78 is 10.5. The summed E-state index contributed by atoms with van der Waals surface area (Å²) in [5.74, 6) is 0.842. The molecule has 0 atom stereocenters. The number of hydrogen-bond donors (Lipinski definition) is 0. The fraction of sp³-hybridized carbons (Fsp3) is 0.583. The molecular formula is C12H17NO2. The van der Waals surface area contributed by atoms with Crippen LogP contribution in [0.3, 0.4) is 0 Å². The molecule has 0 aliphatic heterocycles. The van der Waals surface area contributed by atoms with Gasteiger partial charge in [-0.2, -0.15) is 5.26 Å². The number of rotatable bonds is 6. The summed E-state index contributed by atoms with van der Waals surface area (Å²) in [5, 5.41) is 8.79. The molecule has 82 valence electrons. The van der Waals surface area contributed by atoms with E-state index in [1.807, 2.05) is 26.0 Å². The first-order chi connectivity index (χ1) is 7.14. The summed E-state index contributed by atoms with van der Waals surface area (Å²) in [6, 6.07) is 6.00. The molecule has 0 N–H and O–H groups in total. The minimum atomic E-state index is -0.242. The summed E-state index contributed by atoms with van der Waals surface area (Å²) >= 11 is 0. The predicted molar refractivity (Wildman–Crippen MR) is 57.0 cm³/mol.